The molecule has 0 saturated heterocycles. The van der Waals surface area contributed by atoms with Gasteiger partial charge in [0.2, 0.25) is 0 Å². The molecule has 0 spiro atoms. The maximum atomic E-state index is 12.2. The van der Waals surface area contributed by atoms with Crippen LogP contribution in [0.15, 0.2) is 24.3 Å². The van der Waals surface area contributed by atoms with Crippen LogP contribution in [0.5, 0.6) is 0 Å². The smallest absolute Gasteiger partial charge is 0.327 e. The fourth-order valence-electron chi connectivity index (χ4n) is 2.72. The van der Waals surface area contributed by atoms with E-state index in [0.29, 0.717) is 17.7 Å². The van der Waals surface area contributed by atoms with E-state index in [2.05, 4.69) is 5.32 Å². The highest BCUT2D eigenvalue weighted by molar-refractivity contribution is 6.31. The van der Waals surface area contributed by atoms with Crippen LogP contribution in [0.1, 0.15) is 50.6 Å². The third kappa shape index (κ3) is 3.97. The molecule has 20 heavy (non-hydrogen) atoms. The number of carbonyl (C=O) groups excluding carboxylic acids is 1. The third-order valence-electron chi connectivity index (χ3n) is 3.75. The highest BCUT2D eigenvalue weighted by Gasteiger charge is 2.27. The van der Waals surface area contributed by atoms with Crippen LogP contribution in [0.3, 0.4) is 0 Å². The molecule has 1 atom stereocenters. The molecule has 0 aliphatic heterocycles. The molecule has 1 aliphatic carbocycles. The van der Waals surface area contributed by atoms with Gasteiger partial charge >= 0.3 is 5.97 Å². The minimum absolute atomic E-state index is 0.244. The number of rotatable bonds is 5. The fourth-order valence-corrected chi connectivity index (χ4v) is 2.97. The lowest BCUT2D eigenvalue weighted by Gasteiger charge is -2.28. The molecule has 1 aromatic rings. The number of esters is 1. The zero-order valence-corrected chi connectivity index (χ0v) is 12.7. The van der Waals surface area contributed by atoms with Gasteiger partial charge in [-0.3, -0.25) is 5.32 Å². The van der Waals surface area contributed by atoms with Crippen molar-refractivity contribution >= 4 is 17.6 Å². The summed E-state index contributed by atoms with van der Waals surface area (Å²) in [6, 6.07) is 7.37. The van der Waals surface area contributed by atoms with Crippen LogP contribution < -0.4 is 5.32 Å². The van der Waals surface area contributed by atoms with E-state index in [0.717, 1.165) is 18.4 Å². The van der Waals surface area contributed by atoms with Gasteiger partial charge in [0.05, 0.1) is 6.61 Å². The zero-order chi connectivity index (χ0) is 14.4. The standard InChI is InChI=1S/C16H22ClNO2/c1-2-20-16(19)15(13-10-6-7-11-14(13)17)18-12-8-4-3-5-9-12/h6-7,10-12,15,18H,2-5,8-9H2,1H3. The first-order valence-corrected chi connectivity index (χ1v) is 7.77. The van der Waals surface area contributed by atoms with Crippen LogP contribution in [0.25, 0.3) is 0 Å². The third-order valence-corrected chi connectivity index (χ3v) is 4.09. The molecule has 1 aromatic carbocycles. The minimum Gasteiger partial charge on any atom is -0.465 e. The van der Waals surface area contributed by atoms with Crippen molar-refractivity contribution in [2.24, 2.45) is 0 Å². The summed E-state index contributed by atoms with van der Waals surface area (Å²) in [6.45, 7) is 2.20. The van der Waals surface area contributed by atoms with E-state index in [4.69, 9.17) is 16.3 Å². The number of hydrogen-bond acceptors (Lipinski definition) is 3. The van der Waals surface area contributed by atoms with Gasteiger partial charge in [-0.15, -0.1) is 0 Å². The molecule has 1 fully saturated rings. The molecule has 1 N–H and O–H groups in total. The monoisotopic (exact) mass is 295 g/mol. The van der Waals surface area contributed by atoms with Gasteiger partial charge in [0.15, 0.2) is 0 Å². The normalized spacial score (nSPS) is 17.7. The van der Waals surface area contributed by atoms with E-state index in [1.54, 1.807) is 0 Å². The molecular formula is C16H22ClNO2. The van der Waals surface area contributed by atoms with Crippen molar-refractivity contribution in [2.45, 2.75) is 51.1 Å². The van der Waals surface area contributed by atoms with Gasteiger partial charge in [0, 0.05) is 11.1 Å². The molecule has 0 bridgehead atoms. The second-order valence-corrected chi connectivity index (χ2v) is 5.62. The van der Waals surface area contributed by atoms with Gasteiger partial charge in [0.25, 0.3) is 0 Å². The summed E-state index contributed by atoms with van der Waals surface area (Å²) >= 11 is 6.23. The van der Waals surface area contributed by atoms with E-state index in [1.165, 1.54) is 19.3 Å². The first-order chi connectivity index (χ1) is 9.72. The predicted molar refractivity (Wildman–Crippen MR) is 80.8 cm³/mol. The molecular weight excluding hydrogens is 274 g/mol. The van der Waals surface area contributed by atoms with Gasteiger partial charge < -0.3 is 4.74 Å². The molecule has 2 rings (SSSR count). The summed E-state index contributed by atoms with van der Waals surface area (Å²) in [5.41, 5.74) is 0.804. The SMILES string of the molecule is CCOC(=O)C(NC1CCCCC1)c1ccccc1Cl. The first kappa shape index (κ1) is 15.3. The number of benzene rings is 1. The summed E-state index contributed by atoms with van der Waals surface area (Å²) in [4.78, 5) is 12.2. The Kier molecular flexibility index (Phi) is 5.86. The summed E-state index contributed by atoms with van der Waals surface area (Å²) in [5, 5.41) is 4.04. The van der Waals surface area contributed by atoms with Crippen LogP contribution in [0.2, 0.25) is 5.02 Å². The van der Waals surface area contributed by atoms with E-state index in [9.17, 15) is 4.79 Å². The van der Waals surface area contributed by atoms with Gasteiger partial charge in [-0.05, 0) is 31.4 Å². The Balaban J connectivity index is 2.15. The van der Waals surface area contributed by atoms with Crippen LogP contribution in [0.4, 0.5) is 0 Å². The Hall–Kier alpha value is -1.06. The van der Waals surface area contributed by atoms with Gasteiger partial charge in [-0.1, -0.05) is 49.1 Å². The van der Waals surface area contributed by atoms with E-state index in [-0.39, 0.29) is 5.97 Å². The summed E-state index contributed by atoms with van der Waals surface area (Å²) in [7, 11) is 0. The Morgan fingerprint density at radius 3 is 2.70 bits per heavy atom. The average Bonchev–Trinajstić information content (AvgIpc) is 2.47. The van der Waals surface area contributed by atoms with Crippen LogP contribution in [-0.4, -0.2) is 18.6 Å². The van der Waals surface area contributed by atoms with Crippen molar-refractivity contribution < 1.29 is 9.53 Å². The Bertz CT molecular complexity index is 444. The van der Waals surface area contributed by atoms with Gasteiger partial charge in [-0.2, -0.15) is 0 Å². The minimum atomic E-state index is -0.466. The van der Waals surface area contributed by atoms with Crippen molar-refractivity contribution in [1.29, 1.82) is 0 Å². The predicted octanol–water partition coefficient (Wildman–Crippen LogP) is 3.87. The second kappa shape index (κ2) is 7.65. The molecule has 110 valence electrons. The van der Waals surface area contributed by atoms with Crippen LogP contribution in [-0.2, 0) is 9.53 Å². The van der Waals surface area contributed by atoms with Crippen molar-refractivity contribution in [3.63, 3.8) is 0 Å². The molecule has 1 unspecified atom stereocenters. The van der Waals surface area contributed by atoms with Gasteiger partial charge in [0.1, 0.15) is 6.04 Å². The van der Waals surface area contributed by atoms with E-state index < -0.39 is 6.04 Å². The molecule has 0 aromatic heterocycles. The zero-order valence-electron chi connectivity index (χ0n) is 11.9. The van der Waals surface area contributed by atoms with E-state index >= 15 is 0 Å². The van der Waals surface area contributed by atoms with Crippen molar-refractivity contribution in [1.82, 2.24) is 5.32 Å². The van der Waals surface area contributed by atoms with Crippen molar-refractivity contribution in [3.05, 3.63) is 34.9 Å². The van der Waals surface area contributed by atoms with Crippen LogP contribution >= 0.6 is 11.6 Å². The average molecular weight is 296 g/mol. The van der Waals surface area contributed by atoms with Crippen molar-refractivity contribution in [2.75, 3.05) is 6.61 Å². The fraction of sp³-hybridized carbons (Fsp3) is 0.562. The highest BCUT2D eigenvalue weighted by Crippen LogP contribution is 2.27. The summed E-state index contributed by atoms with van der Waals surface area (Å²) < 4.78 is 5.19. The molecule has 3 nitrogen and oxygen atoms in total. The lowest BCUT2D eigenvalue weighted by molar-refractivity contribution is -0.146. The lowest BCUT2D eigenvalue weighted by atomic mass is 9.94. The summed E-state index contributed by atoms with van der Waals surface area (Å²) in [6.07, 6.45) is 5.94. The molecule has 1 saturated carbocycles. The number of carbonyl (C=O) groups is 1. The quantitative estimate of drug-likeness (QED) is 0.838. The highest BCUT2D eigenvalue weighted by atomic mass is 35.5. The molecule has 1 aliphatic rings. The van der Waals surface area contributed by atoms with Gasteiger partial charge in [-0.25, -0.2) is 4.79 Å². The second-order valence-electron chi connectivity index (χ2n) is 5.21. The number of hydrogen-bond donors (Lipinski definition) is 1. The summed E-state index contributed by atoms with van der Waals surface area (Å²) in [5.74, 6) is -0.244. The van der Waals surface area contributed by atoms with E-state index in [1.807, 2.05) is 31.2 Å². The molecule has 0 heterocycles. The Morgan fingerprint density at radius 2 is 2.05 bits per heavy atom. The molecule has 0 radical (unpaired) electrons. The maximum Gasteiger partial charge on any atom is 0.327 e. The number of ether oxygens (including phenoxy) is 1. The van der Waals surface area contributed by atoms with Crippen molar-refractivity contribution in [3.8, 4) is 0 Å². The topological polar surface area (TPSA) is 38.3 Å². The molecule has 0 amide bonds. The molecule has 4 heteroatoms. The largest absolute Gasteiger partial charge is 0.465 e. The Labute approximate surface area is 125 Å². The Morgan fingerprint density at radius 1 is 1.35 bits per heavy atom. The van der Waals surface area contributed by atoms with Crippen LogP contribution in [0, 0.1) is 0 Å². The number of halogens is 1. The maximum absolute atomic E-state index is 12.2. The lowest BCUT2D eigenvalue weighted by Crippen LogP contribution is -2.39. The number of nitrogens with one attached hydrogen (secondary N) is 1. The first-order valence-electron chi connectivity index (χ1n) is 7.39.